The molecule has 0 saturated carbocycles. The number of nitrogens with zero attached hydrogens (tertiary/aromatic N) is 1. The molecule has 25 heavy (non-hydrogen) atoms. The number of benzene rings is 1. The van der Waals surface area contributed by atoms with Crippen molar-refractivity contribution in [3.05, 3.63) is 48.1 Å². The minimum Gasteiger partial charge on any atom is -0.501 e. The van der Waals surface area contributed by atoms with Crippen molar-refractivity contribution in [1.29, 1.82) is 0 Å². The standard InChI is InChI=1S/C18H23NO6/c20-17-16(8-13-24-18(17,21)22)25-15-6-4-14(5-7-15)23-12-3-11-19-9-1-2-10-19/h4-8,13,20-22H,1-3,9-12H2. The minimum absolute atomic E-state index is 0.101. The van der Waals surface area contributed by atoms with Gasteiger partial charge in [0, 0.05) is 12.6 Å². The van der Waals surface area contributed by atoms with Gasteiger partial charge in [-0.1, -0.05) is 0 Å². The first kappa shape index (κ1) is 17.6. The van der Waals surface area contributed by atoms with Crippen molar-refractivity contribution in [3.63, 3.8) is 0 Å². The van der Waals surface area contributed by atoms with Gasteiger partial charge in [-0.2, -0.15) is 0 Å². The molecule has 2 aliphatic rings. The van der Waals surface area contributed by atoms with Gasteiger partial charge in [0.05, 0.1) is 12.9 Å². The van der Waals surface area contributed by atoms with E-state index in [1.807, 2.05) is 0 Å². The van der Waals surface area contributed by atoms with Crippen LogP contribution in [0.5, 0.6) is 11.5 Å². The van der Waals surface area contributed by atoms with E-state index >= 15 is 0 Å². The second kappa shape index (κ2) is 7.77. The Balaban J connectivity index is 1.48. The van der Waals surface area contributed by atoms with Gasteiger partial charge in [0.1, 0.15) is 11.5 Å². The van der Waals surface area contributed by atoms with Crippen LogP contribution in [-0.2, 0) is 4.74 Å². The van der Waals surface area contributed by atoms with E-state index in [0.717, 1.165) is 25.0 Å². The summed E-state index contributed by atoms with van der Waals surface area (Å²) in [4.78, 5) is 2.45. The second-order valence-corrected chi connectivity index (χ2v) is 6.07. The van der Waals surface area contributed by atoms with Crippen molar-refractivity contribution in [2.75, 3.05) is 26.2 Å². The van der Waals surface area contributed by atoms with Crippen LogP contribution in [0.4, 0.5) is 0 Å². The molecule has 2 aliphatic heterocycles. The number of hydrogen-bond donors (Lipinski definition) is 3. The third kappa shape index (κ3) is 4.66. The Bertz CT molecular complexity index is 631. The number of aliphatic hydroxyl groups is 3. The smallest absolute Gasteiger partial charge is 0.388 e. The number of rotatable bonds is 7. The van der Waals surface area contributed by atoms with Crippen LogP contribution in [0.3, 0.4) is 0 Å². The SMILES string of the molecule is OC1=C(Oc2ccc(OCCCN3CCCC3)cc2)C=COC1(O)O. The average Bonchev–Trinajstić information content (AvgIpc) is 3.11. The highest BCUT2D eigenvalue weighted by Gasteiger charge is 2.36. The number of allylic oxidation sites excluding steroid dienone is 1. The van der Waals surface area contributed by atoms with Crippen molar-refractivity contribution in [1.82, 2.24) is 4.90 Å². The monoisotopic (exact) mass is 349 g/mol. The molecule has 3 N–H and O–H groups in total. The summed E-state index contributed by atoms with van der Waals surface area (Å²) >= 11 is 0. The highest BCUT2D eigenvalue weighted by Crippen LogP contribution is 2.26. The van der Waals surface area contributed by atoms with E-state index in [9.17, 15) is 15.3 Å². The van der Waals surface area contributed by atoms with Gasteiger partial charge in [-0.3, -0.25) is 0 Å². The first-order valence-electron chi connectivity index (χ1n) is 8.40. The van der Waals surface area contributed by atoms with Crippen LogP contribution in [0.15, 0.2) is 48.1 Å². The van der Waals surface area contributed by atoms with Crippen molar-refractivity contribution in [2.24, 2.45) is 0 Å². The molecule has 2 heterocycles. The first-order valence-corrected chi connectivity index (χ1v) is 8.40. The van der Waals surface area contributed by atoms with Crippen molar-refractivity contribution < 1.29 is 29.5 Å². The van der Waals surface area contributed by atoms with E-state index in [-0.39, 0.29) is 5.76 Å². The van der Waals surface area contributed by atoms with Crippen molar-refractivity contribution in [2.45, 2.75) is 25.2 Å². The second-order valence-electron chi connectivity index (χ2n) is 6.07. The molecular formula is C18H23NO6. The first-order chi connectivity index (χ1) is 12.0. The van der Waals surface area contributed by atoms with E-state index in [2.05, 4.69) is 9.64 Å². The maximum Gasteiger partial charge on any atom is 0.388 e. The van der Waals surface area contributed by atoms with Gasteiger partial charge in [-0.05, 0) is 56.6 Å². The molecule has 3 rings (SSSR count). The highest BCUT2D eigenvalue weighted by molar-refractivity contribution is 5.34. The van der Waals surface area contributed by atoms with Gasteiger partial charge >= 0.3 is 5.97 Å². The molecular weight excluding hydrogens is 326 g/mol. The molecule has 0 bridgehead atoms. The molecule has 0 amide bonds. The lowest BCUT2D eigenvalue weighted by molar-refractivity contribution is -0.304. The molecule has 0 spiro atoms. The number of likely N-dealkylation sites (tertiary alicyclic amines) is 1. The molecule has 0 aliphatic carbocycles. The van der Waals surface area contributed by atoms with E-state index in [1.54, 1.807) is 24.3 Å². The van der Waals surface area contributed by atoms with Crippen molar-refractivity contribution in [3.8, 4) is 11.5 Å². The maximum absolute atomic E-state index is 9.70. The Labute approximate surface area is 146 Å². The zero-order valence-electron chi connectivity index (χ0n) is 13.9. The maximum atomic E-state index is 9.70. The average molecular weight is 349 g/mol. The predicted octanol–water partition coefficient (Wildman–Crippen LogP) is 1.88. The molecule has 7 heteroatoms. The van der Waals surface area contributed by atoms with Gasteiger partial charge in [-0.15, -0.1) is 0 Å². The predicted molar refractivity (Wildman–Crippen MR) is 89.9 cm³/mol. The molecule has 0 radical (unpaired) electrons. The molecule has 1 saturated heterocycles. The van der Waals surface area contributed by atoms with E-state index in [0.29, 0.717) is 12.4 Å². The number of aliphatic hydroxyl groups excluding tert-OH is 1. The molecule has 1 aromatic carbocycles. The van der Waals surface area contributed by atoms with Crippen LogP contribution in [0.25, 0.3) is 0 Å². The summed E-state index contributed by atoms with van der Waals surface area (Å²) in [5, 5.41) is 28.5. The third-order valence-electron chi connectivity index (χ3n) is 4.13. The molecule has 136 valence electrons. The number of ether oxygens (including phenoxy) is 3. The van der Waals surface area contributed by atoms with Crippen LogP contribution in [-0.4, -0.2) is 52.4 Å². The van der Waals surface area contributed by atoms with Gasteiger partial charge < -0.3 is 34.4 Å². The summed E-state index contributed by atoms with van der Waals surface area (Å²) in [7, 11) is 0. The Morgan fingerprint density at radius 3 is 2.48 bits per heavy atom. The fourth-order valence-corrected chi connectivity index (χ4v) is 2.78. The quantitative estimate of drug-likeness (QED) is 0.511. The number of hydrogen-bond acceptors (Lipinski definition) is 7. The minimum atomic E-state index is -2.78. The lowest BCUT2D eigenvalue weighted by Gasteiger charge is -2.24. The fraction of sp³-hybridized carbons (Fsp3) is 0.444. The van der Waals surface area contributed by atoms with Gasteiger partial charge in [0.25, 0.3) is 0 Å². The lowest BCUT2D eigenvalue weighted by atomic mass is 10.3. The van der Waals surface area contributed by atoms with E-state index < -0.39 is 11.7 Å². The summed E-state index contributed by atoms with van der Waals surface area (Å²) in [5.41, 5.74) is 0. The summed E-state index contributed by atoms with van der Waals surface area (Å²) in [6, 6.07) is 6.87. The molecule has 1 fully saturated rings. The zero-order valence-corrected chi connectivity index (χ0v) is 13.9. The van der Waals surface area contributed by atoms with E-state index in [4.69, 9.17) is 9.47 Å². The summed E-state index contributed by atoms with van der Waals surface area (Å²) < 4.78 is 15.6. The van der Waals surface area contributed by atoms with Crippen LogP contribution in [0.2, 0.25) is 0 Å². The third-order valence-corrected chi connectivity index (χ3v) is 4.13. The van der Waals surface area contributed by atoms with E-state index in [1.165, 1.54) is 32.0 Å². The Hall–Kier alpha value is -2.22. The highest BCUT2D eigenvalue weighted by atomic mass is 16.8. The van der Waals surface area contributed by atoms with Gasteiger partial charge in [0.15, 0.2) is 5.76 Å². The molecule has 1 aromatic rings. The molecule has 0 aromatic heterocycles. The molecule has 0 unspecified atom stereocenters. The van der Waals surface area contributed by atoms with Gasteiger partial charge in [0.2, 0.25) is 5.76 Å². The largest absolute Gasteiger partial charge is 0.501 e. The fourth-order valence-electron chi connectivity index (χ4n) is 2.78. The summed E-state index contributed by atoms with van der Waals surface area (Å²) in [5.74, 6) is -2.53. The van der Waals surface area contributed by atoms with Gasteiger partial charge in [-0.25, -0.2) is 0 Å². The van der Waals surface area contributed by atoms with Crippen LogP contribution < -0.4 is 9.47 Å². The lowest BCUT2D eigenvalue weighted by Crippen LogP contribution is -2.35. The molecule has 7 nitrogen and oxygen atoms in total. The summed E-state index contributed by atoms with van der Waals surface area (Å²) in [6.45, 7) is 4.10. The van der Waals surface area contributed by atoms with Crippen LogP contribution >= 0.6 is 0 Å². The van der Waals surface area contributed by atoms with Crippen LogP contribution in [0.1, 0.15) is 19.3 Å². The van der Waals surface area contributed by atoms with Crippen LogP contribution in [0, 0.1) is 0 Å². The topological polar surface area (TPSA) is 91.6 Å². The normalized spacial score (nSPS) is 19.8. The Morgan fingerprint density at radius 2 is 1.76 bits per heavy atom. The zero-order chi connectivity index (χ0) is 17.7. The van der Waals surface area contributed by atoms with Crippen molar-refractivity contribution >= 4 is 0 Å². The Kier molecular flexibility index (Phi) is 5.47. The Morgan fingerprint density at radius 1 is 1.08 bits per heavy atom. The molecule has 0 atom stereocenters. The summed E-state index contributed by atoms with van der Waals surface area (Å²) in [6.07, 6.45) is 5.90.